The van der Waals surface area contributed by atoms with Crippen LogP contribution in [0, 0.1) is 0 Å². The second-order valence-electron chi connectivity index (χ2n) is 5.19. The van der Waals surface area contributed by atoms with Crippen molar-refractivity contribution in [2.75, 3.05) is 0 Å². The van der Waals surface area contributed by atoms with Gasteiger partial charge in [-0.05, 0) is 16.3 Å². The second kappa shape index (κ2) is 4.54. The molecule has 1 nitrogen and oxygen atoms in total. The minimum absolute atomic E-state index is 0.784. The number of rotatable bonds is 1. The molecule has 0 radical (unpaired) electrons. The Kier molecular flexibility index (Phi) is 2.66. The molecule has 0 saturated heterocycles. The molecule has 3 aromatic carbocycles. The molecule has 0 atom stereocenters. The largest absolute Gasteiger partial charge is 0.398 e. The summed E-state index contributed by atoms with van der Waals surface area (Å²) in [5, 5.41) is 2.39. The number of nitrogens with two attached hydrogens (primary N) is 1. The molecule has 3 aromatic rings. The summed E-state index contributed by atoms with van der Waals surface area (Å²) in [4.78, 5) is 0.847. The minimum Gasteiger partial charge on any atom is -0.398 e. The monoisotopic (exact) mass is 287 g/mol. The van der Waals surface area contributed by atoms with Crippen molar-refractivity contribution in [1.82, 2.24) is 0 Å². The van der Waals surface area contributed by atoms with Crippen molar-refractivity contribution in [3.05, 3.63) is 83.4 Å². The SMILES string of the molecule is NC1=C(c2cccc3ccccc23)C(=S)c2ccccc21. The maximum atomic E-state index is 6.40. The Hall–Kier alpha value is -2.45. The molecule has 0 bridgehead atoms. The molecule has 0 aliphatic heterocycles. The fourth-order valence-corrected chi connectivity index (χ4v) is 3.42. The standard InChI is InChI=1S/C19H13NS/c20-18-15-9-3-4-10-16(15)19(21)17(18)14-11-5-7-12-6-1-2-8-13(12)14/h1-11H,20H2. The van der Waals surface area contributed by atoms with Crippen molar-refractivity contribution < 1.29 is 0 Å². The predicted molar refractivity (Wildman–Crippen MR) is 93.1 cm³/mol. The lowest BCUT2D eigenvalue weighted by atomic mass is 9.96. The molecule has 0 spiro atoms. The van der Waals surface area contributed by atoms with E-state index in [0.29, 0.717) is 0 Å². The summed E-state index contributed by atoms with van der Waals surface area (Å²) in [6, 6.07) is 22.7. The highest BCUT2D eigenvalue weighted by atomic mass is 32.1. The van der Waals surface area contributed by atoms with Crippen molar-refractivity contribution in [3.8, 4) is 0 Å². The third-order valence-corrected chi connectivity index (χ3v) is 4.44. The Morgan fingerprint density at radius 2 is 1.29 bits per heavy atom. The van der Waals surface area contributed by atoms with Gasteiger partial charge in [-0.3, -0.25) is 0 Å². The van der Waals surface area contributed by atoms with E-state index in [1.807, 2.05) is 36.4 Å². The third kappa shape index (κ3) is 1.73. The molecule has 0 aromatic heterocycles. The molecular weight excluding hydrogens is 274 g/mol. The summed E-state index contributed by atoms with van der Waals surface area (Å²) < 4.78 is 0. The van der Waals surface area contributed by atoms with Crippen LogP contribution in [-0.2, 0) is 0 Å². The van der Waals surface area contributed by atoms with E-state index in [1.54, 1.807) is 0 Å². The van der Waals surface area contributed by atoms with Gasteiger partial charge in [0.15, 0.2) is 0 Å². The first kappa shape index (κ1) is 12.3. The van der Waals surface area contributed by atoms with E-state index < -0.39 is 0 Å². The second-order valence-corrected chi connectivity index (χ2v) is 5.60. The lowest BCUT2D eigenvalue weighted by molar-refractivity contribution is 1.54. The number of fused-ring (bicyclic) bond motifs is 2. The van der Waals surface area contributed by atoms with Crippen LogP contribution in [0.3, 0.4) is 0 Å². The number of benzene rings is 3. The van der Waals surface area contributed by atoms with Crippen LogP contribution in [0.2, 0.25) is 0 Å². The van der Waals surface area contributed by atoms with Gasteiger partial charge >= 0.3 is 0 Å². The van der Waals surface area contributed by atoms with Crippen LogP contribution >= 0.6 is 12.2 Å². The van der Waals surface area contributed by atoms with E-state index in [0.717, 1.165) is 32.8 Å². The molecule has 100 valence electrons. The zero-order chi connectivity index (χ0) is 14.4. The van der Waals surface area contributed by atoms with E-state index in [9.17, 15) is 0 Å². The molecule has 4 rings (SSSR count). The van der Waals surface area contributed by atoms with Gasteiger partial charge < -0.3 is 5.73 Å². The van der Waals surface area contributed by atoms with Gasteiger partial charge in [0.05, 0.1) is 4.86 Å². The number of allylic oxidation sites excluding steroid dienone is 1. The van der Waals surface area contributed by atoms with Crippen molar-refractivity contribution in [1.29, 1.82) is 0 Å². The molecule has 0 heterocycles. The Balaban J connectivity index is 2.03. The van der Waals surface area contributed by atoms with Crippen LogP contribution in [0.15, 0.2) is 66.7 Å². The Morgan fingerprint density at radius 1 is 0.667 bits per heavy atom. The molecular formula is C19H13NS. The van der Waals surface area contributed by atoms with Crippen LogP contribution in [0.25, 0.3) is 22.0 Å². The summed E-state index contributed by atoms with van der Waals surface area (Å²) in [6.07, 6.45) is 0. The molecule has 0 unspecified atom stereocenters. The lowest BCUT2D eigenvalue weighted by Crippen LogP contribution is -1.99. The van der Waals surface area contributed by atoms with Gasteiger partial charge in [0.1, 0.15) is 0 Å². The van der Waals surface area contributed by atoms with Crippen LogP contribution in [-0.4, -0.2) is 4.86 Å². The summed E-state index contributed by atoms with van der Waals surface area (Å²) in [5.74, 6) is 0. The zero-order valence-corrected chi connectivity index (χ0v) is 12.2. The quantitative estimate of drug-likeness (QED) is 0.671. The normalized spacial score (nSPS) is 13.8. The molecule has 0 fully saturated rings. The van der Waals surface area contributed by atoms with Crippen LogP contribution < -0.4 is 5.73 Å². The topological polar surface area (TPSA) is 26.0 Å². The zero-order valence-electron chi connectivity index (χ0n) is 11.3. The Bertz CT molecular complexity index is 916. The van der Waals surface area contributed by atoms with E-state index in [2.05, 4.69) is 30.3 Å². The summed E-state index contributed by atoms with van der Waals surface area (Å²) >= 11 is 5.68. The van der Waals surface area contributed by atoms with E-state index >= 15 is 0 Å². The molecule has 0 saturated carbocycles. The fourth-order valence-electron chi connectivity index (χ4n) is 3.02. The Morgan fingerprint density at radius 3 is 2.10 bits per heavy atom. The van der Waals surface area contributed by atoms with Gasteiger partial charge in [0, 0.05) is 22.4 Å². The van der Waals surface area contributed by atoms with Crippen molar-refractivity contribution in [2.45, 2.75) is 0 Å². The molecule has 21 heavy (non-hydrogen) atoms. The fraction of sp³-hybridized carbons (Fsp3) is 0. The van der Waals surface area contributed by atoms with Crippen LogP contribution in [0.5, 0.6) is 0 Å². The van der Waals surface area contributed by atoms with Gasteiger partial charge in [-0.25, -0.2) is 0 Å². The van der Waals surface area contributed by atoms with Crippen molar-refractivity contribution in [3.63, 3.8) is 0 Å². The first-order valence-electron chi connectivity index (χ1n) is 6.89. The number of hydrogen-bond acceptors (Lipinski definition) is 2. The van der Waals surface area contributed by atoms with Crippen molar-refractivity contribution in [2.24, 2.45) is 5.73 Å². The van der Waals surface area contributed by atoms with Crippen LogP contribution in [0.1, 0.15) is 16.7 Å². The number of thiocarbonyl (C=S) groups is 1. The maximum Gasteiger partial charge on any atom is 0.0555 e. The summed E-state index contributed by atoms with van der Waals surface area (Å²) in [6.45, 7) is 0. The van der Waals surface area contributed by atoms with Gasteiger partial charge in [0.25, 0.3) is 0 Å². The summed E-state index contributed by atoms with van der Waals surface area (Å²) in [7, 11) is 0. The summed E-state index contributed by atoms with van der Waals surface area (Å²) in [5.41, 5.74) is 11.4. The average molecular weight is 287 g/mol. The van der Waals surface area contributed by atoms with E-state index in [-0.39, 0.29) is 0 Å². The predicted octanol–water partition coefficient (Wildman–Crippen LogP) is 4.40. The molecule has 1 aliphatic carbocycles. The van der Waals surface area contributed by atoms with Crippen LogP contribution in [0.4, 0.5) is 0 Å². The van der Waals surface area contributed by atoms with E-state index in [4.69, 9.17) is 18.0 Å². The first-order chi connectivity index (χ1) is 10.3. The lowest BCUT2D eigenvalue weighted by Gasteiger charge is -2.09. The minimum atomic E-state index is 0.784. The number of hydrogen-bond donors (Lipinski definition) is 1. The highest BCUT2D eigenvalue weighted by Crippen LogP contribution is 2.38. The van der Waals surface area contributed by atoms with E-state index in [1.165, 1.54) is 10.8 Å². The third-order valence-electron chi connectivity index (χ3n) is 4.02. The van der Waals surface area contributed by atoms with Gasteiger partial charge in [-0.15, -0.1) is 0 Å². The Labute approximate surface area is 128 Å². The first-order valence-corrected chi connectivity index (χ1v) is 7.30. The highest BCUT2D eigenvalue weighted by molar-refractivity contribution is 7.82. The molecule has 0 amide bonds. The highest BCUT2D eigenvalue weighted by Gasteiger charge is 2.26. The van der Waals surface area contributed by atoms with Gasteiger partial charge in [-0.1, -0.05) is 78.9 Å². The molecule has 2 heteroatoms. The van der Waals surface area contributed by atoms with Gasteiger partial charge in [-0.2, -0.15) is 0 Å². The average Bonchev–Trinajstić information content (AvgIpc) is 2.79. The van der Waals surface area contributed by atoms with Gasteiger partial charge in [0.2, 0.25) is 0 Å². The smallest absolute Gasteiger partial charge is 0.0555 e. The molecule has 2 N–H and O–H groups in total. The molecule has 1 aliphatic rings. The van der Waals surface area contributed by atoms with Crippen molar-refractivity contribution >= 4 is 39.1 Å². The maximum absolute atomic E-state index is 6.40.